The van der Waals surface area contributed by atoms with Crippen molar-refractivity contribution in [1.29, 1.82) is 0 Å². The van der Waals surface area contributed by atoms with Gasteiger partial charge in [-0.1, -0.05) is 26.8 Å². The third-order valence-electron chi connectivity index (χ3n) is 5.95. The molecule has 1 aliphatic rings. The van der Waals surface area contributed by atoms with E-state index in [-0.39, 0.29) is 11.0 Å². The topological polar surface area (TPSA) is 48.4 Å². The van der Waals surface area contributed by atoms with Gasteiger partial charge in [0.05, 0.1) is 12.7 Å². The van der Waals surface area contributed by atoms with Crippen LogP contribution in [0, 0.1) is 0 Å². The van der Waals surface area contributed by atoms with Gasteiger partial charge in [-0.25, -0.2) is 9.78 Å². The molecule has 1 aromatic heterocycles. The van der Waals surface area contributed by atoms with E-state index < -0.39 is 13.9 Å². The number of aryl methyl sites for hydroxylation is 1. The molecule has 0 N–H and O–H groups in total. The molecule has 0 aliphatic heterocycles. The molecule has 0 unspecified atom stereocenters. The average molecular weight is 404 g/mol. The van der Waals surface area contributed by atoms with Crippen LogP contribution in [-0.4, -0.2) is 26.4 Å². The Kier molecular flexibility index (Phi) is 5.36. The van der Waals surface area contributed by atoms with Crippen LogP contribution in [0.15, 0.2) is 29.8 Å². The molecule has 0 spiro atoms. The first-order valence-electron chi connectivity index (χ1n) is 9.42. The fraction of sp³-hybridized carbons (Fsp3) is 0.524. The van der Waals surface area contributed by atoms with Crippen LogP contribution in [0.3, 0.4) is 0 Å². The average Bonchev–Trinajstić information content (AvgIpc) is 3.14. The number of aromatic nitrogens is 1. The zero-order valence-electron chi connectivity index (χ0n) is 17.1. The highest BCUT2D eigenvalue weighted by Gasteiger charge is 2.49. The largest absolute Gasteiger partial charge is 0.465 e. The normalized spacial score (nSPS) is 20.2. The molecule has 0 fully saturated rings. The van der Waals surface area contributed by atoms with E-state index in [1.54, 1.807) is 11.3 Å². The quantitative estimate of drug-likeness (QED) is 0.497. The van der Waals surface area contributed by atoms with Crippen LogP contribution in [0.2, 0.25) is 18.1 Å². The molecule has 0 saturated heterocycles. The van der Waals surface area contributed by atoms with Gasteiger partial charge in [-0.3, -0.25) is 0 Å². The van der Waals surface area contributed by atoms with Gasteiger partial charge in [-0.15, -0.1) is 11.3 Å². The molecule has 0 bridgehead atoms. The fourth-order valence-electron chi connectivity index (χ4n) is 3.49. The summed E-state index contributed by atoms with van der Waals surface area (Å²) in [5, 5.41) is 3.13. The second kappa shape index (κ2) is 7.15. The van der Waals surface area contributed by atoms with Gasteiger partial charge in [0.2, 0.25) is 0 Å². The maximum Gasteiger partial charge on any atom is 0.337 e. The molecular weight excluding hydrogens is 374 g/mol. The summed E-state index contributed by atoms with van der Waals surface area (Å²) in [4.78, 5) is 16.7. The summed E-state index contributed by atoms with van der Waals surface area (Å²) in [5.41, 5.74) is 2.39. The number of thiazole rings is 1. The Balaban J connectivity index is 2.16. The molecule has 1 aliphatic carbocycles. The van der Waals surface area contributed by atoms with Crippen molar-refractivity contribution >= 4 is 25.6 Å². The van der Waals surface area contributed by atoms with E-state index in [9.17, 15) is 4.79 Å². The van der Waals surface area contributed by atoms with Gasteiger partial charge in [-0.2, -0.15) is 0 Å². The van der Waals surface area contributed by atoms with E-state index in [2.05, 4.69) is 44.9 Å². The molecule has 6 heteroatoms. The van der Waals surface area contributed by atoms with E-state index in [0.717, 1.165) is 35.4 Å². The minimum Gasteiger partial charge on any atom is -0.465 e. The monoisotopic (exact) mass is 403 g/mol. The lowest BCUT2D eigenvalue weighted by Crippen LogP contribution is -2.50. The maximum absolute atomic E-state index is 12.0. The number of methoxy groups -OCH3 is 1. The summed E-state index contributed by atoms with van der Waals surface area (Å²) in [6.45, 7) is 11.4. The molecule has 1 heterocycles. The van der Waals surface area contributed by atoms with Gasteiger partial charge < -0.3 is 9.16 Å². The van der Waals surface area contributed by atoms with E-state index in [4.69, 9.17) is 9.16 Å². The number of rotatable bonds is 4. The summed E-state index contributed by atoms with van der Waals surface area (Å²) < 4.78 is 12.0. The highest BCUT2D eigenvalue weighted by molar-refractivity contribution is 7.09. The maximum atomic E-state index is 12.0. The smallest absolute Gasteiger partial charge is 0.337 e. The highest BCUT2D eigenvalue weighted by Crippen LogP contribution is 2.50. The second-order valence-corrected chi connectivity index (χ2v) is 14.4. The number of nitrogens with zero attached hydrogens (tertiary/aromatic N) is 1. The van der Waals surface area contributed by atoms with E-state index in [1.807, 2.05) is 23.7 Å². The first-order chi connectivity index (χ1) is 12.6. The van der Waals surface area contributed by atoms with Crippen LogP contribution in [0.1, 0.15) is 60.1 Å². The van der Waals surface area contributed by atoms with Gasteiger partial charge in [0, 0.05) is 11.6 Å². The first kappa shape index (κ1) is 20.2. The third-order valence-corrected chi connectivity index (χ3v) is 11.3. The summed E-state index contributed by atoms with van der Waals surface area (Å²) in [7, 11) is -0.638. The lowest BCUT2D eigenvalue weighted by Gasteiger charge is -2.47. The van der Waals surface area contributed by atoms with Gasteiger partial charge in [-0.05, 0) is 60.7 Å². The summed E-state index contributed by atoms with van der Waals surface area (Å²) in [6, 6.07) is 5.88. The number of esters is 1. The molecule has 0 amide bonds. The van der Waals surface area contributed by atoms with Crippen molar-refractivity contribution in [3.05, 3.63) is 51.5 Å². The Bertz CT molecular complexity index is 826. The molecule has 146 valence electrons. The molecule has 0 saturated carbocycles. The van der Waals surface area contributed by atoms with Crippen LogP contribution in [0.25, 0.3) is 0 Å². The number of carbonyl (C=O) groups excluding carboxylic acids is 1. The lowest BCUT2D eigenvalue weighted by molar-refractivity contribution is 0.0597. The van der Waals surface area contributed by atoms with Crippen molar-refractivity contribution in [3.63, 3.8) is 0 Å². The van der Waals surface area contributed by atoms with Crippen molar-refractivity contribution in [1.82, 2.24) is 4.98 Å². The Morgan fingerprint density at radius 3 is 2.63 bits per heavy atom. The van der Waals surface area contributed by atoms with Crippen LogP contribution in [-0.2, 0) is 21.2 Å². The second-order valence-electron chi connectivity index (χ2n) is 8.74. The van der Waals surface area contributed by atoms with E-state index in [1.165, 1.54) is 7.11 Å². The van der Waals surface area contributed by atoms with Gasteiger partial charge in [0.1, 0.15) is 10.6 Å². The number of hydrogen-bond acceptors (Lipinski definition) is 5. The van der Waals surface area contributed by atoms with Gasteiger partial charge in [0.25, 0.3) is 0 Å². The molecule has 0 radical (unpaired) electrons. The SMILES string of the molecule is COC(=O)c1ccc2c(c1)CCC[C@]2(O[Si](C)(C)C(C)(C)C)c1nccs1. The first-order valence-corrected chi connectivity index (χ1v) is 13.2. The predicted molar refractivity (Wildman–Crippen MR) is 112 cm³/mol. The zero-order valence-corrected chi connectivity index (χ0v) is 18.9. The van der Waals surface area contributed by atoms with E-state index in [0.29, 0.717) is 5.56 Å². The van der Waals surface area contributed by atoms with Gasteiger partial charge >= 0.3 is 5.97 Å². The van der Waals surface area contributed by atoms with Crippen molar-refractivity contribution in [2.24, 2.45) is 0 Å². The van der Waals surface area contributed by atoms with Crippen molar-refractivity contribution in [2.45, 2.75) is 63.8 Å². The number of fused-ring (bicyclic) bond motifs is 1. The minimum absolute atomic E-state index is 0.0980. The highest BCUT2D eigenvalue weighted by atomic mass is 32.1. The van der Waals surface area contributed by atoms with Crippen molar-refractivity contribution in [2.75, 3.05) is 7.11 Å². The summed E-state index contributed by atoms with van der Waals surface area (Å²) >= 11 is 1.65. The molecular formula is C21H29NO3SSi. The lowest BCUT2D eigenvalue weighted by atomic mass is 9.79. The minimum atomic E-state index is -2.06. The van der Waals surface area contributed by atoms with Crippen molar-refractivity contribution in [3.8, 4) is 0 Å². The predicted octanol–water partition coefficient (Wildman–Crippen LogP) is 5.53. The Hall–Kier alpha value is -1.50. The summed E-state index contributed by atoms with van der Waals surface area (Å²) in [5.74, 6) is -0.298. The molecule has 2 aromatic rings. The molecule has 27 heavy (non-hydrogen) atoms. The zero-order chi connectivity index (χ0) is 19.9. The van der Waals surface area contributed by atoms with Crippen LogP contribution >= 0.6 is 11.3 Å². The number of ether oxygens (including phenoxy) is 1. The Labute approximate surface area is 167 Å². The van der Waals surface area contributed by atoms with E-state index >= 15 is 0 Å². The molecule has 1 aromatic carbocycles. The number of carbonyl (C=O) groups is 1. The number of hydrogen-bond donors (Lipinski definition) is 0. The van der Waals surface area contributed by atoms with Crippen molar-refractivity contribution < 1.29 is 14.0 Å². The standard InChI is InChI=1S/C21H29NO3SSi/c1-20(2,3)27(5,6)25-21(19-22-12-13-26-19)11-7-8-15-14-16(18(23)24-4)9-10-17(15)21/h9-10,12-14H,7-8,11H2,1-6H3/t21-/m1/s1. The fourth-order valence-corrected chi connectivity index (χ4v) is 5.86. The summed E-state index contributed by atoms with van der Waals surface area (Å²) in [6.07, 6.45) is 4.71. The Morgan fingerprint density at radius 1 is 1.30 bits per heavy atom. The molecule has 1 atom stereocenters. The van der Waals surface area contributed by atoms with Crippen LogP contribution in [0.4, 0.5) is 0 Å². The molecule has 3 rings (SSSR count). The van der Waals surface area contributed by atoms with Gasteiger partial charge in [0.15, 0.2) is 8.32 Å². The molecule has 4 nitrogen and oxygen atoms in total. The number of benzene rings is 1. The van der Waals surface area contributed by atoms with Crippen LogP contribution < -0.4 is 0 Å². The third kappa shape index (κ3) is 3.62. The Morgan fingerprint density at radius 2 is 2.04 bits per heavy atom. The van der Waals surface area contributed by atoms with Crippen LogP contribution in [0.5, 0.6) is 0 Å².